The van der Waals surface area contributed by atoms with Crippen LogP contribution in [0.3, 0.4) is 0 Å². The van der Waals surface area contributed by atoms with Crippen LogP contribution in [0.5, 0.6) is 5.75 Å². The minimum atomic E-state index is -0.327. The normalized spacial score (nSPS) is 14.7. The first-order valence-corrected chi connectivity index (χ1v) is 10.7. The Morgan fingerprint density at radius 2 is 1.77 bits per heavy atom. The Morgan fingerprint density at radius 1 is 1.06 bits per heavy atom. The maximum atomic E-state index is 12.7. The van der Waals surface area contributed by atoms with Gasteiger partial charge in [0.1, 0.15) is 11.9 Å². The van der Waals surface area contributed by atoms with E-state index in [4.69, 9.17) is 4.74 Å². The van der Waals surface area contributed by atoms with E-state index in [0.717, 1.165) is 29.7 Å². The molecule has 0 radical (unpaired) electrons. The molecule has 0 unspecified atom stereocenters. The van der Waals surface area contributed by atoms with Gasteiger partial charge in [-0.2, -0.15) is 0 Å². The van der Waals surface area contributed by atoms with Crippen molar-refractivity contribution in [2.75, 3.05) is 13.1 Å². The highest BCUT2D eigenvalue weighted by molar-refractivity contribution is 5.80. The minimum Gasteiger partial charge on any atom is -0.490 e. The fourth-order valence-electron chi connectivity index (χ4n) is 4.01. The number of carbonyl (C=O) groups is 1. The molecule has 7 heteroatoms. The molecule has 7 nitrogen and oxygen atoms in total. The van der Waals surface area contributed by atoms with E-state index in [-0.39, 0.29) is 36.1 Å². The SMILES string of the molecule is Cc1ccc(C)c(OC2CCN(C(=O)CCn3[nH]c(=O)c4ccccc4c3=O)CC2)c1. The molecule has 0 spiro atoms. The van der Waals surface area contributed by atoms with Crippen molar-refractivity contribution in [3.63, 3.8) is 0 Å². The van der Waals surface area contributed by atoms with Crippen molar-refractivity contribution in [3.05, 3.63) is 74.3 Å². The number of amides is 1. The first-order valence-electron chi connectivity index (χ1n) is 10.7. The van der Waals surface area contributed by atoms with Crippen LogP contribution >= 0.6 is 0 Å². The maximum Gasteiger partial charge on any atom is 0.273 e. The molecule has 1 aliphatic heterocycles. The third-order valence-electron chi connectivity index (χ3n) is 5.87. The molecule has 0 bridgehead atoms. The average Bonchev–Trinajstić information content (AvgIpc) is 2.78. The molecule has 2 aromatic carbocycles. The fraction of sp³-hybridized carbons (Fsp3) is 0.375. The molecule has 1 aromatic heterocycles. The summed E-state index contributed by atoms with van der Waals surface area (Å²) in [4.78, 5) is 39.3. The lowest BCUT2D eigenvalue weighted by Crippen LogP contribution is -2.42. The van der Waals surface area contributed by atoms with Crippen LogP contribution in [0.4, 0.5) is 0 Å². The number of benzene rings is 2. The van der Waals surface area contributed by atoms with Crippen molar-refractivity contribution in [2.45, 2.75) is 45.8 Å². The highest BCUT2D eigenvalue weighted by Gasteiger charge is 2.24. The molecular formula is C24H27N3O4. The zero-order valence-electron chi connectivity index (χ0n) is 17.9. The summed E-state index contributed by atoms with van der Waals surface area (Å²) >= 11 is 0. The molecule has 1 fully saturated rings. The Bertz CT molecular complexity index is 1220. The van der Waals surface area contributed by atoms with Gasteiger partial charge in [0.05, 0.1) is 17.3 Å². The van der Waals surface area contributed by atoms with Crippen molar-refractivity contribution in [1.29, 1.82) is 0 Å². The minimum absolute atomic E-state index is 0.0221. The average molecular weight is 421 g/mol. The van der Waals surface area contributed by atoms with Crippen molar-refractivity contribution < 1.29 is 9.53 Å². The molecule has 0 atom stereocenters. The Balaban J connectivity index is 1.34. The van der Waals surface area contributed by atoms with Gasteiger partial charge >= 0.3 is 0 Å². The van der Waals surface area contributed by atoms with Gasteiger partial charge in [-0.3, -0.25) is 19.5 Å². The van der Waals surface area contributed by atoms with Crippen LogP contribution in [0, 0.1) is 13.8 Å². The summed E-state index contributed by atoms with van der Waals surface area (Å²) in [6, 6.07) is 12.9. The van der Waals surface area contributed by atoms with E-state index >= 15 is 0 Å². The lowest BCUT2D eigenvalue weighted by Gasteiger charge is -2.32. The third-order valence-corrected chi connectivity index (χ3v) is 5.87. The van der Waals surface area contributed by atoms with Gasteiger partial charge in [-0.05, 0) is 43.2 Å². The molecule has 1 aliphatic rings. The largest absolute Gasteiger partial charge is 0.490 e. The van der Waals surface area contributed by atoms with Crippen LogP contribution in [-0.2, 0) is 11.3 Å². The Labute approximate surface area is 180 Å². The standard InChI is InChI=1S/C24H27N3O4/c1-16-7-8-17(2)21(15-16)31-18-9-12-26(13-10-18)22(28)11-14-27-24(30)20-6-4-3-5-19(20)23(29)25-27/h3-8,15,18H,9-14H2,1-2H3,(H,25,29). The number of H-pyrrole nitrogens is 1. The smallest absolute Gasteiger partial charge is 0.273 e. The van der Waals surface area contributed by atoms with Crippen LogP contribution in [0.25, 0.3) is 10.8 Å². The summed E-state index contributed by atoms with van der Waals surface area (Å²) in [7, 11) is 0. The molecule has 1 N–H and O–H groups in total. The number of hydrogen-bond acceptors (Lipinski definition) is 4. The number of ether oxygens (including phenoxy) is 1. The Hall–Kier alpha value is -3.35. The predicted octanol–water partition coefficient (Wildman–Crippen LogP) is 2.77. The van der Waals surface area contributed by atoms with Gasteiger partial charge in [0.2, 0.25) is 5.91 Å². The first-order chi connectivity index (χ1) is 14.9. The van der Waals surface area contributed by atoms with Gasteiger partial charge in [0.25, 0.3) is 11.1 Å². The van der Waals surface area contributed by atoms with Crippen LogP contribution in [0.1, 0.15) is 30.4 Å². The Kier molecular flexibility index (Phi) is 5.93. The van der Waals surface area contributed by atoms with Gasteiger partial charge in [0.15, 0.2) is 0 Å². The van der Waals surface area contributed by atoms with E-state index in [2.05, 4.69) is 23.3 Å². The zero-order valence-corrected chi connectivity index (χ0v) is 17.9. The van der Waals surface area contributed by atoms with Crippen molar-refractivity contribution >= 4 is 16.7 Å². The zero-order chi connectivity index (χ0) is 22.0. The molecular weight excluding hydrogens is 394 g/mol. The van der Waals surface area contributed by atoms with Crippen LogP contribution in [0.15, 0.2) is 52.1 Å². The summed E-state index contributed by atoms with van der Waals surface area (Å²) in [5.41, 5.74) is 1.66. The van der Waals surface area contributed by atoms with Gasteiger partial charge < -0.3 is 9.64 Å². The molecule has 0 saturated carbocycles. The van der Waals surface area contributed by atoms with Crippen LogP contribution < -0.4 is 15.9 Å². The topological polar surface area (TPSA) is 84.4 Å². The van der Waals surface area contributed by atoms with Gasteiger partial charge in [-0.15, -0.1) is 0 Å². The highest BCUT2D eigenvalue weighted by atomic mass is 16.5. The Morgan fingerprint density at radius 3 is 2.52 bits per heavy atom. The fourth-order valence-corrected chi connectivity index (χ4v) is 4.01. The van der Waals surface area contributed by atoms with Gasteiger partial charge in [-0.1, -0.05) is 24.3 Å². The third kappa shape index (κ3) is 4.55. The predicted molar refractivity (Wildman–Crippen MR) is 120 cm³/mol. The molecule has 1 amide bonds. The summed E-state index contributed by atoms with van der Waals surface area (Å²) in [5.74, 6) is 0.885. The van der Waals surface area contributed by atoms with Crippen molar-refractivity contribution in [2.24, 2.45) is 0 Å². The van der Waals surface area contributed by atoms with E-state index in [1.807, 2.05) is 18.7 Å². The quantitative estimate of drug-likeness (QED) is 0.687. The van der Waals surface area contributed by atoms with Gasteiger partial charge in [0, 0.05) is 32.4 Å². The number of aromatic nitrogens is 2. The maximum absolute atomic E-state index is 12.7. The lowest BCUT2D eigenvalue weighted by atomic mass is 10.1. The lowest BCUT2D eigenvalue weighted by molar-refractivity contribution is -0.133. The van der Waals surface area contributed by atoms with Crippen LogP contribution in [0.2, 0.25) is 0 Å². The molecule has 162 valence electrons. The number of carbonyl (C=O) groups excluding carboxylic acids is 1. The number of fused-ring (bicyclic) bond motifs is 1. The second-order valence-corrected chi connectivity index (χ2v) is 8.16. The van der Waals surface area contributed by atoms with Crippen molar-refractivity contribution in [1.82, 2.24) is 14.7 Å². The van der Waals surface area contributed by atoms with Gasteiger partial charge in [-0.25, -0.2) is 4.68 Å². The number of hydrogen-bond donors (Lipinski definition) is 1. The summed E-state index contributed by atoms with van der Waals surface area (Å²) in [6.07, 6.45) is 1.79. The van der Waals surface area contributed by atoms with E-state index in [9.17, 15) is 14.4 Å². The second kappa shape index (κ2) is 8.79. The molecule has 0 aliphatic carbocycles. The van der Waals surface area contributed by atoms with E-state index < -0.39 is 0 Å². The number of likely N-dealkylation sites (tertiary alicyclic amines) is 1. The number of aryl methyl sites for hydroxylation is 3. The molecule has 1 saturated heterocycles. The molecule has 3 aromatic rings. The number of rotatable bonds is 5. The van der Waals surface area contributed by atoms with E-state index in [0.29, 0.717) is 23.9 Å². The van der Waals surface area contributed by atoms with Crippen molar-refractivity contribution in [3.8, 4) is 5.75 Å². The van der Waals surface area contributed by atoms with E-state index in [1.54, 1.807) is 24.3 Å². The number of piperidine rings is 1. The molecule has 2 heterocycles. The highest BCUT2D eigenvalue weighted by Crippen LogP contribution is 2.24. The first kappa shape index (κ1) is 20.9. The summed E-state index contributed by atoms with van der Waals surface area (Å²) < 4.78 is 7.41. The summed E-state index contributed by atoms with van der Waals surface area (Å²) in [6.45, 7) is 5.47. The number of nitrogens with zero attached hydrogens (tertiary/aromatic N) is 2. The molecule has 4 rings (SSSR count). The van der Waals surface area contributed by atoms with Crippen LogP contribution in [-0.4, -0.2) is 39.8 Å². The number of aromatic amines is 1. The molecule has 31 heavy (non-hydrogen) atoms. The monoisotopic (exact) mass is 421 g/mol. The summed E-state index contributed by atoms with van der Waals surface area (Å²) in [5, 5.41) is 3.30. The number of nitrogens with one attached hydrogen (secondary N) is 1. The second-order valence-electron chi connectivity index (χ2n) is 8.16. The van der Waals surface area contributed by atoms with E-state index in [1.165, 1.54) is 4.68 Å².